The number of amides is 1. The van der Waals surface area contributed by atoms with Crippen molar-refractivity contribution in [3.05, 3.63) is 10.6 Å². The second-order valence-electron chi connectivity index (χ2n) is 5.29. The van der Waals surface area contributed by atoms with E-state index >= 15 is 0 Å². The van der Waals surface area contributed by atoms with Crippen molar-refractivity contribution in [2.45, 2.75) is 45.1 Å². The van der Waals surface area contributed by atoms with Crippen LogP contribution in [0, 0.1) is 5.92 Å². The van der Waals surface area contributed by atoms with E-state index in [0.717, 1.165) is 24.2 Å². The van der Waals surface area contributed by atoms with Gasteiger partial charge in [0, 0.05) is 13.5 Å². The zero-order valence-corrected chi connectivity index (χ0v) is 12.9. The van der Waals surface area contributed by atoms with E-state index in [-0.39, 0.29) is 17.4 Å². The Morgan fingerprint density at radius 3 is 2.71 bits per heavy atom. The van der Waals surface area contributed by atoms with Crippen LogP contribution in [0.5, 0.6) is 0 Å². The number of carbonyl (C=O) groups is 2. The highest BCUT2D eigenvalue weighted by Crippen LogP contribution is 2.28. The summed E-state index contributed by atoms with van der Waals surface area (Å²) in [7, 11) is 1.48. The van der Waals surface area contributed by atoms with Crippen molar-refractivity contribution in [2.24, 2.45) is 5.92 Å². The third kappa shape index (κ3) is 4.50. The number of hydrogen-bond acceptors (Lipinski definition) is 5. The van der Waals surface area contributed by atoms with Gasteiger partial charge >= 0.3 is 5.97 Å². The molecule has 0 spiro atoms. The molecule has 0 radical (unpaired) electrons. The van der Waals surface area contributed by atoms with Gasteiger partial charge in [-0.15, -0.1) is 0 Å². The van der Waals surface area contributed by atoms with Crippen LogP contribution in [0.15, 0.2) is 0 Å². The number of thiazole rings is 1. The van der Waals surface area contributed by atoms with E-state index < -0.39 is 5.97 Å². The van der Waals surface area contributed by atoms with E-state index in [2.05, 4.69) is 10.3 Å². The van der Waals surface area contributed by atoms with Crippen molar-refractivity contribution < 1.29 is 19.4 Å². The van der Waals surface area contributed by atoms with E-state index in [4.69, 9.17) is 9.84 Å². The number of rotatable bonds is 6. The molecule has 0 bridgehead atoms. The molecule has 6 nitrogen and oxygen atoms in total. The Bertz CT molecular complexity index is 509. The molecular formula is C14H20N2O4S. The summed E-state index contributed by atoms with van der Waals surface area (Å²) in [6.07, 6.45) is 6.32. The van der Waals surface area contributed by atoms with Gasteiger partial charge in [0.1, 0.15) is 4.88 Å². The average Bonchev–Trinajstić information content (AvgIpc) is 2.83. The average molecular weight is 312 g/mol. The molecule has 1 aromatic rings. The minimum Gasteiger partial charge on any atom is -0.477 e. The first kappa shape index (κ1) is 15.9. The van der Waals surface area contributed by atoms with Crippen LogP contribution >= 0.6 is 11.3 Å². The third-order valence-corrected chi connectivity index (χ3v) is 4.62. The fourth-order valence-corrected chi connectivity index (χ4v) is 3.45. The molecule has 1 fully saturated rings. The first-order valence-corrected chi connectivity index (χ1v) is 7.93. The highest BCUT2D eigenvalue weighted by Gasteiger charge is 2.20. The zero-order chi connectivity index (χ0) is 15.2. The lowest BCUT2D eigenvalue weighted by Crippen LogP contribution is -2.18. The van der Waals surface area contributed by atoms with Gasteiger partial charge in [-0.3, -0.25) is 4.79 Å². The van der Waals surface area contributed by atoms with Crippen LogP contribution in [0.25, 0.3) is 0 Å². The molecule has 0 aliphatic heterocycles. The quantitative estimate of drug-likeness (QED) is 0.843. The molecule has 1 amide bonds. The predicted molar refractivity (Wildman–Crippen MR) is 79.6 cm³/mol. The normalized spacial score (nSPS) is 15.9. The third-order valence-electron chi connectivity index (χ3n) is 3.62. The molecule has 1 aromatic heterocycles. The number of aromatic nitrogens is 1. The highest BCUT2D eigenvalue weighted by atomic mass is 32.1. The van der Waals surface area contributed by atoms with Crippen molar-refractivity contribution in [3.63, 3.8) is 0 Å². The van der Waals surface area contributed by atoms with Gasteiger partial charge in [0.15, 0.2) is 5.13 Å². The number of carbonyl (C=O) groups excluding carboxylic acids is 1. The molecule has 1 aliphatic carbocycles. The number of carboxylic acid groups (broad SMARTS) is 1. The molecule has 0 atom stereocenters. The van der Waals surface area contributed by atoms with Crippen molar-refractivity contribution >= 4 is 28.3 Å². The van der Waals surface area contributed by atoms with Crippen LogP contribution in [0.1, 0.15) is 53.9 Å². The zero-order valence-electron chi connectivity index (χ0n) is 12.1. The summed E-state index contributed by atoms with van der Waals surface area (Å²) in [4.78, 5) is 27.4. The topological polar surface area (TPSA) is 88.5 Å². The molecule has 1 heterocycles. The number of nitrogens with zero attached hydrogens (tertiary/aromatic N) is 1. The lowest BCUT2D eigenvalue weighted by Gasteiger charge is -2.20. The second-order valence-corrected chi connectivity index (χ2v) is 6.29. The number of anilines is 1. The van der Waals surface area contributed by atoms with Crippen LogP contribution in [-0.4, -0.2) is 29.1 Å². The Morgan fingerprint density at radius 1 is 1.38 bits per heavy atom. The number of methoxy groups -OCH3 is 1. The van der Waals surface area contributed by atoms with Crippen molar-refractivity contribution in [1.82, 2.24) is 4.98 Å². The SMILES string of the molecule is COCc1nc(NC(=O)CC2CCCCC2)sc1C(=O)O. The summed E-state index contributed by atoms with van der Waals surface area (Å²) in [5.41, 5.74) is 0.350. The molecule has 0 aromatic carbocycles. The minimum atomic E-state index is -1.05. The summed E-state index contributed by atoms with van der Waals surface area (Å²) in [5, 5.41) is 12.1. The maximum absolute atomic E-state index is 12.0. The smallest absolute Gasteiger partial charge is 0.347 e. The van der Waals surface area contributed by atoms with Crippen molar-refractivity contribution in [2.75, 3.05) is 12.4 Å². The van der Waals surface area contributed by atoms with E-state index in [1.54, 1.807) is 0 Å². The van der Waals surface area contributed by atoms with E-state index in [1.165, 1.54) is 26.4 Å². The van der Waals surface area contributed by atoms with Gasteiger partial charge in [0.25, 0.3) is 0 Å². The van der Waals surface area contributed by atoms with Crippen LogP contribution in [-0.2, 0) is 16.1 Å². The molecule has 1 aliphatic rings. The first-order valence-electron chi connectivity index (χ1n) is 7.12. The second kappa shape index (κ2) is 7.51. The Balaban J connectivity index is 1.96. The Hall–Kier alpha value is -1.47. The van der Waals surface area contributed by atoms with E-state index in [1.807, 2.05) is 0 Å². The lowest BCUT2D eigenvalue weighted by molar-refractivity contribution is -0.117. The number of aromatic carboxylic acids is 1. The van der Waals surface area contributed by atoms with Gasteiger partial charge in [-0.1, -0.05) is 30.6 Å². The molecule has 1 saturated carbocycles. The summed E-state index contributed by atoms with van der Waals surface area (Å²) in [5.74, 6) is -0.694. The van der Waals surface area contributed by atoms with Gasteiger partial charge < -0.3 is 15.2 Å². The van der Waals surface area contributed by atoms with E-state index in [9.17, 15) is 9.59 Å². The lowest BCUT2D eigenvalue weighted by atomic mass is 9.87. The molecule has 0 saturated heterocycles. The Morgan fingerprint density at radius 2 is 2.10 bits per heavy atom. The summed E-state index contributed by atoms with van der Waals surface area (Å²) < 4.78 is 4.93. The minimum absolute atomic E-state index is 0.0865. The van der Waals surface area contributed by atoms with Gasteiger partial charge in [0.05, 0.1) is 12.3 Å². The van der Waals surface area contributed by atoms with Crippen molar-refractivity contribution in [3.8, 4) is 0 Å². The predicted octanol–water partition coefficient (Wildman–Crippen LogP) is 2.90. The van der Waals surface area contributed by atoms with Crippen LogP contribution in [0.2, 0.25) is 0 Å². The highest BCUT2D eigenvalue weighted by molar-refractivity contribution is 7.17. The number of hydrogen-bond donors (Lipinski definition) is 2. The molecule has 0 unspecified atom stereocenters. The molecular weight excluding hydrogens is 292 g/mol. The van der Waals surface area contributed by atoms with Crippen LogP contribution < -0.4 is 5.32 Å². The van der Waals surface area contributed by atoms with Gasteiger partial charge in [-0.25, -0.2) is 9.78 Å². The number of ether oxygens (including phenoxy) is 1. The Kier molecular flexibility index (Phi) is 5.69. The van der Waals surface area contributed by atoms with Gasteiger partial charge in [-0.05, 0) is 18.8 Å². The molecule has 2 rings (SSSR count). The van der Waals surface area contributed by atoms with Gasteiger partial charge in [0.2, 0.25) is 5.91 Å². The Labute approximate surface area is 127 Å². The summed E-state index contributed by atoms with van der Waals surface area (Å²) in [6, 6.07) is 0. The molecule has 2 N–H and O–H groups in total. The van der Waals surface area contributed by atoms with Gasteiger partial charge in [-0.2, -0.15) is 0 Å². The maximum atomic E-state index is 12.0. The molecule has 116 valence electrons. The first-order chi connectivity index (χ1) is 10.1. The van der Waals surface area contributed by atoms with E-state index in [0.29, 0.717) is 23.2 Å². The fraction of sp³-hybridized carbons (Fsp3) is 0.643. The number of nitrogens with one attached hydrogen (secondary N) is 1. The largest absolute Gasteiger partial charge is 0.477 e. The summed E-state index contributed by atoms with van der Waals surface area (Å²) >= 11 is 0.975. The van der Waals surface area contributed by atoms with Crippen LogP contribution in [0.3, 0.4) is 0 Å². The van der Waals surface area contributed by atoms with Crippen molar-refractivity contribution in [1.29, 1.82) is 0 Å². The summed E-state index contributed by atoms with van der Waals surface area (Å²) in [6.45, 7) is 0.122. The fourth-order valence-electron chi connectivity index (χ4n) is 2.63. The monoisotopic (exact) mass is 312 g/mol. The van der Waals surface area contributed by atoms with Crippen LogP contribution in [0.4, 0.5) is 5.13 Å². The number of carboxylic acids is 1. The molecule has 7 heteroatoms. The molecule has 21 heavy (non-hydrogen) atoms. The standard InChI is InChI=1S/C14H20N2O4S/c1-20-8-10-12(13(18)19)21-14(15-10)16-11(17)7-9-5-3-2-4-6-9/h9H,2-8H2,1H3,(H,18,19)(H,15,16,17). The maximum Gasteiger partial charge on any atom is 0.347 e.